The molecule has 0 spiro atoms. The van der Waals surface area contributed by atoms with E-state index in [4.69, 9.17) is 9.98 Å². The van der Waals surface area contributed by atoms with Crippen LogP contribution in [0.25, 0.3) is 0 Å². The van der Waals surface area contributed by atoms with Gasteiger partial charge in [0.1, 0.15) is 0 Å². The summed E-state index contributed by atoms with van der Waals surface area (Å²) in [7, 11) is 0. The number of hydrogen-bond donors (Lipinski definition) is 0. The van der Waals surface area contributed by atoms with Crippen LogP contribution >= 0.6 is 0 Å². The Labute approximate surface area is 262 Å². The van der Waals surface area contributed by atoms with Crippen molar-refractivity contribution in [1.82, 2.24) is 0 Å². The van der Waals surface area contributed by atoms with Crippen LogP contribution in [-0.2, 0) is 16.5 Å². The zero-order valence-electron chi connectivity index (χ0n) is 26.1. The summed E-state index contributed by atoms with van der Waals surface area (Å²) in [4.78, 5) is 10.3. The first-order valence-corrected chi connectivity index (χ1v) is 16.0. The van der Waals surface area contributed by atoms with Crippen molar-refractivity contribution in [2.75, 3.05) is 0 Å². The molecule has 3 heteroatoms. The van der Waals surface area contributed by atoms with Crippen molar-refractivity contribution in [2.24, 2.45) is 9.98 Å². The van der Waals surface area contributed by atoms with Crippen LogP contribution in [0.1, 0.15) is 142 Å². The normalized spacial score (nSPS) is 11.2. The van der Waals surface area contributed by atoms with Crippen molar-refractivity contribution in [3.8, 4) is 23.7 Å². The van der Waals surface area contributed by atoms with Crippen LogP contribution in [0.5, 0.6) is 0 Å². The van der Waals surface area contributed by atoms with E-state index >= 15 is 0 Å². The number of unbranched alkanes of at least 4 members (excludes halogenated alkanes) is 10. The fourth-order valence-corrected chi connectivity index (χ4v) is 4.36. The maximum Gasteiger partial charge on any atom is 0.0634 e. The van der Waals surface area contributed by atoms with Crippen LogP contribution in [0.15, 0.2) is 58.5 Å². The first-order chi connectivity index (χ1) is 19.7. The molecule has 2 aromatic rings. The second kappa shape index (κ2) is 24.0. The second-order valence-electron chi connectivity index (χ2n) is 10.6. The summed E-state index contributed by atoms with van der Waals surface area (Å²) in [6.07, 6.45) is 18.4. The summed E-state index contributed by atoms with van der Waals surface area (Å²) in [5, 5.41) is 0. The molecular formula is C38H52N2Ni. The van der Waals surface area contributed by atoms with Gasteiger partial charge in [0, 0.05) is 40.5 Å². The van der Waals surface area contributed by atoms with Gasteiger partial charge < -0.3 is 0 Å². The van der Waals surface area contributed by atoms with E-state index in [0.717, 1.165) is 91.7 Å². The van der Waals surface area contributed by atoms with Gasteiger partial charge in [0.25, 0.3) is 0 Å². The van der Waals surface area contributed by atoms with Crippen molar-refractivity contribution in [3.05, 3.63) is 59.7 Å². The van der Waals surface area contributed by atoms with E-state index in [1.165, 1.54) is 44.9 Å². The van der Waals surface area contributed by atoms with Gasteiger partial charge in [-0.15, -0.1) is 0 Å². The molecule has 0 atom stereocenters. The minimum Gasteiger partial charge on any atom is -0.252 e. The third kappa shape index (κ3) is 16.4. The molecule has 0 radical (unpaired) electrons. The van der Waals surface area contributed by atoms with E-state index < -0.39 is 0 Å². The van der Waals surface area contributed by atoms with E-state index in [1.807, 2.05) is 0 Å². The summed E-state index contributed by atoms with van der Waals surface area (Å²) in [5.74, 6) is 13.2. The summed E-state index contributed by atoms with van der Waals surface area (Å²) in [6, 6.07) is 16.8. The standard InChI is InChI=1S/C38H52N2.Ni/c1-5-9-13-16-17-20-24-38(40-36-31-27-34(28-32-36)22-19-15-11-7-3)37(23-12-8-4)39-35-29-25-33(26-30-35)21-18-14-10-6-2;/h25-32H,5-17,20,23-24H2,1-4H3;. The summed E-state index contributed by atoms with van der Waals surface area (Å²) < 4.78 is 0. The Morgan fingerprint density at radius 1 is 0.488 bits per heavy atom. The number of hydrogen-bond acceptors (Lipinski definition) is 2. The SMILES string of the molecule is CCCCC#Cc1ccc(N=C(CCCC)C(CCCCCCCC)=Nc2ccc(C#CCCCC)cc2)cc1.[Ni]. The van der Waals surface area contributed by atoms with Crippen LogP contribution in [0, 0.1) is 23.7 Å². The zero-order valence-corrected chi connectivity index (χ0v) is 27.1. The summed E-state index contributed by atoms with van der Waals surface area (Å²) in [6.45, 7) is 8.92. The Hall–Kier alpha value is -2.61. The zero-order chi connectivity index (χ0) is 28.7. The van der Waals surface area contributed by atoms with Crippen molar-refractivity contribution >= 4 is 22.8 Å². The minimum absolute atomic E-state index is 0. The van der Waals surface area contributed by atoms with Gasteiger partial charge >= 0.3 is 0 Å². The molecule has 0 aliphatic rings. The average Bonchev–Trinajstić information content (AvgIpc) is 2.98. The Morgan fingerprint density at radius 3 is 1.32 bits per heavy atom. The molecule has 41 heavy (non-hydrogen) atoms. The number of nitrogens with zero attached hydrogens (tertiary/aromatic N) is 2. The van der Waals surface area contributed by atoms with Gasteiger partial charge in [-0.1, -0.05) is 103 Å². The van der Waals surface area contributed by atoms with Gasteiger partial charge in [-0.2, -0.15) is 0 Å². The number of rotatable bonds is 17. The largest absolute Gasteiger partial charge is 0.252 e. The van der Waals surface area contributed by atoms with Crippen molar-refractivity contribution < 1.29 is 16.5 Å². The molecule has 0 heterocycles. The van der Waals surface area contributed by atoms with E-state index in [2.05, 4.69) is 99.9 Å². The molecule has 0 aliphatic carbocycles. The van der Waals surface area contributed by atoms with E-state index in [0.29, 0.717) is 0 Å². The van der Waals surface area contributed by atoms with E-state index in [1.54, 1.807) is 0 Å². The molecule has 0 aliphatic heterocycles. The van der Waals surface area contributed by atoms with Crippen LogP contribution in [0.4, 0.5) is 11.4 Å². The molecule has 0 saturated heterocycles. The molecule has 2 rings (SSSR count). The molecule has 0 saturated carbocycles. The maximum absolute atomic E-state index is 5.18. The first kappa shape index (κ1) is 36.4. The molecular weight excluding hydrogens is 543 g/mol. The number of benzene rings is 2. The smallest absolute Gasteiger partial charge is 0.0634 e. The fraction of sp³-hybridized carbons (Fsp3) is 0.526. The molecule has 0 amide bonds. The molecule has 2 nitrogen and oxygen atoms in total. The van der Waals surface area contributed by atoms with Gasteiger partial charge in [0.15, 0.2) is 0 Å². The van der Waals surface area contributed by atoms with Crippen molar-refractivity contribution in [3.63, 3.8) is 0 Å². The predicted octanol–water partition coefficient (Wildman–Crippen LogP) is 11.6. The minimum atomic E-state index is 0. The molecule has 0 aromatic heterocycles. The Bertz CT molecular complexity index is 1140. The monoisotopic (exact) mass is 594 g/mol. The molecule has 0 bridgehead atoms. The average molecular weight is 596 g/mol. The second-order valence-corrected chi connectivity index (χ2v) is 10.6. The molecule has 0 N–H and O–H groups in total. The third-order valence-corrected chi connectivity index (χ3v) is 6.91. The van der Waals surface area contributed by atoms with Crippen LogP contribution in [0.3, 0.4) is 0 Å². The van der Waals surface area contributed by atoms with Gasteiger partial charge in [-0.3, -0.25) is 9.98 Å². The third-order valence-electron chi connectivity index (χ3n) is 6.91. The topological polar surface area (TPSA) is 24.7 Å². The van der Waals surface area contributed by atoms with Crippen molar-refractivity contribution in [2.45, 2.75) is 130 Å². The van der Waals surface area contributed by atoms with Crippen LogP contribution in [-0.4, -0.2) is 11.4 Å². The quantitative estimate of drug-likeness (QED) is 0.0752. The van der Waals surface area contributed by atoms with Crippen LogP contribution in [0.2, 0.25) is 0 Å². The summed E-state index contributed by atoms with van der Waals surface area (Å²) in [5.41, 5.74) is 6.35. The summed E-state index contributed by atoms with van der Waals surface area (Å²) >= 11 is 0. The van der Waals surface area contributed by atoms with Crippen LogP contribution < -0.4 is 0 Å². The van der Waals surface area contributed by atoms with E-state index in [9.17, 15) is 0 Å². The van der Waals surface area contributed by atoms with Gasteiger partial charge in [0.05, 0.1) is 22.8 Å². The van der Waals surface area contributed by atoms with Gasteiger partial charge in [0.2, 0.25) is 0 Å². The van der Waals surface area contributed by atoms with Gasteiger partial charge in [-0.25, -0.2) is 0 Å². The van der Waals surface area contributed by atoms with Crippen molar-refractivity contribution in [1.29, 1.82) is 0 Å². The Balaban J connectivity index is 0.00000840. The molecule has 0 unspecified atom stereocenters. The number of aliphatic imine (C=N–C) groups is 2. The molecule has 2 aromatic carbocycles. The van der Waals surface area contributed by atoms with Gasteiger partial charge in [-0.05, 0) is 87.1 Å². The predicted molar refractivity (Wildman–Crippen MR) is 177 cm³/mol. The molecule has 0 fully saturated rings. The Morgan fingerprint density at radius 2 is 0.878 bits per heavy atom. The van der Waals surface area contributed by atoms with E-state index in [-0.39, 0.29) is 16.5 Å². The fourth-order valence-electron chi connectivity index (χ4n) is 4.36. The Kier molecular flexibility index (Phi) is 21.4. The first-order valence-electron chi connectivity index (χ1n) is 16.0. The maximum atomic E-state index is 5.18. The molecule has 224 valence electrons.